The summed E-state index contributed by atoms with van der Waals surface area (Å²) < 4.78 is 9.68. The Morgan fingerprint density at radius 3 is 2.56 bits per heavy atom. The fraction of sp³-hybridized carbons (Fsp3) is 0.500. The summed E-state index contributed by atoms with van der Waals surface area (Å²) in [7, 11) is 1.86. The molecular formula is C42H52N3O3+. The van der Waals surface area contributed by atoms with Gasteiger partial charge in [-0.3, -0.25) is 9.59 Å². The van der Waals surface area contributed by atoms with E-state index < -0.39 is 0 Å². The molecule has 7 rings (SSSR count). The van der Waals surface area contributed by atoms with E-state index in [2.05, 4.69) is 67.5 Å². The van der Waals surface area contributed by atoms with Gasteiger partial charge in [-0.25, -0.2) is 4.58 Å². The van der Waals surface area contributed by atoms with Gasteiger partial charge in [0, 0.05) is 90.1 Å². The zero-order chi connectivity index (χ0) is 33.9. The van der Waals surface area contributed by atoms with Gasteiger partial charge in [-0.05, 0) is 81.7 Å². The maximum absolute atomic E-state index is 14.3. The number of carbonyl (C=O) groups is 2. The third-order valence-electron chi connectivity index (χ3n) is 11.4. The Hall–Kier alpha value is -3.93. The molecule has 0 saturated carbocycles. The monoisotopic (exact) mass is 646 g/mol. The number of rotatable bonds is 8. The van der Waals surface area contributed by atoms with Crippen molar-refractivity contribution in [2.24, 2.45) is 5.92 Å². The molecule has 1 atom stereocenters. The number of anilines is 1. The summed E-state index contributed by atoms with van der Waals surface area (Å²) in [6.45, 7) is 16.9. The highest BCUT2D eigenvalue weighted by Crippen LogP contribution is 2.49. The molecule has 0 aromatic heterocycles. The largest absolute Gasteiger partial charge is 0.455 e. The standard InChI is InChI=1S/C42H52N3O3/c1-8-45-35-24-37-33(23-32(35)27(4)25-42(45,5)6)38(34-22-28-14-11-20-44-21-12-17-31(39(28)44)40(34)48-37)29-15-9-10-16-30(29)41(47)43(7)19-13-18-36(46)26(2)3/h9-10,15-16,22-24,26-27H,8,11-14,17-21,25H2,1-7H3/q+1. The summed E-state index contributed by atoms with van der Waals surface area (Å²) in [6.07, 6.45) is 6.57. The highest BCUT2D eigenvalue weighted by atomic mass is 16.5. The third-order valence-corrected chi connectivity index (χ3v) is 11.4. The second kappa shape index (κ2) is 12.5. The van der Waals surface area contributed by atoms with Crippen LogP contribution in [0.5, 0.6) is 11.5 Å². The summed E-state index contributed by atoms with van der Waals surface area (Å²) >= 11 is 0. The number of Topliss-reactive ketones (excluding diaryl/α,β-unsaturated/α-hetero) is 1. The number of benzene rings is 3. The molecule has 0 bridgehead atoms. The van der Waals surface area contributed by atoms with Crippen molar-refractivity contribution in [3.05, 3.63) is 86.4 Å². The SMILES string of the molecule is CCN1c2cc3c(cc2C(C)CC1(C)C)C(c1ccccc1C(=O)N(C)CCCC(=O)C(C)C)=c1cc2c4c(c1O3)CCC[N+]=4CCC2. The summed E-state index contributed by atoms with van der Waals surface area (Å²) in [6, 6.07) is 15.2. The maximum Gasteiger partial charge on any atom is 0.254 e. The molecule has 0 saturated heterocycles. The molecule has 0 aliphatic carbocycles. The zero-order valence-corrected chi connectivity index (χ0v) is 30.0. The van der Waals surface area contributed by atoms with Crippen LogP contribution in [0.15, 0.2) is 42.5 Å². The molecule has 0 N–H and O–H groups in total. The molecule has 3 aromatic rings. The minimum atomic E-state index is -0.0135. The van der Waals surface area contributed by atoms with Gasteiger partial charge in [0.1, 0.15) is 30.4 Å². The van der Waals surface area contributed by atoms with E-state index in [0.29, 0.717) is 30.9 Å². The molecule has 4 aliphatic heterocycles. The average molecular weight is 647 g/mol. The minimum Gasteiger partial charge on any atom is -0.455 e. The molecule has 0 radical (unpaired) electrons. The molecule has 1 unspecified atom stereocenters. The van der Waals surface area contributed by atoms with Crippen molar-refractivity contribution in [3.63, 3.8) is 0 Å². The maximum atomic E-state index is 14.3. The summed E-state index contributed by atoms with van der Waals surface area (Å²) in [4.78, 5) is 30.9. The second-order valence-corrected chi connectivity index (χ2v) is 15.5. The molecule has 1 amide bonds. The summed E-state index contributed by atoms with van der Waals surface area (Å²) in [5, 5.41) is 2.50. The Morgan fingerprint density at radius 1 is 1.06 bits per heavy atom. The molecule has 3 aromatic carbocycles. The van der Waals surface area contributed by atoms with Gasteiger partial charge in [-0.15, -0.1) is 0 Å². The van der Waals surface area contributed by atoms with Crippen molar-refractivity contribution >= 4 is 23.0 Å². The normalized spacial score (nSPS) is 18.8. The lowest BCUT2D eigenvalue weighted by Crippen LogP contribution is -2.48. The smallest absolute Gasteiger partial charge is 0.254 e. The first-order chi connectivity index (χ1) is 23.0. The Balaban J connectivity index is 1.45. The lowest BCUT2D eigenvalue weighted by Gasteiger charge is -2.47. The van der Waals surface area contributed by atoms with E-state index in [1.165, 1.54) is 27.7 Å². The number of carbonyl (C=O) groups excluding carboxylic acids is 2. The average Bonchev–Trinajstić information content (AvgIpc) is 3.06. The Bertz CT molecular complexity index is 1930. The Morgan fingerprint density at radius 2 is 1.81 bits per heavy atom. The quantitative estimate of drug-likeness (QED) is 0.202. The summed E-state index contributed by atoms with van der Waals surface area (Å²) in [5.74, 6) is 2.49. The number of amides is 1. The first kappa shape index (κ1) is 32.6. The number of ketones is 1. The fourth-order valence-corrected chi connectivity index (χ4v) is 9.04. The summed E-state index contributed by atoms with van der Waals surface area (Å²) in [5.41, 5.74) is 9.20. The third kappa shape index (κ3) is 5.45. The molecular weight excluding hydrogens is 594 g/mol. The van der Waals surface area contributed by atoms with Crippen LogP contribution in [0, 0.1) is 5.92 Å². The zero-order valence-electron chi connectivity index (χ0n) is 30.0. The van der Waals surface area contributed by atoms with E-state index in [1.54, 1.807) is 4.90 Å². The molecule has 6 nitrogen and oxygen atoms in total. The van der Waals surface area contributed by atoms with E-state index in [4.69, 9.17) is 4.74 Å². The first-order valence-electron chi connectivity index (χ1n) is 18.3. The van der Waals surface area contributed by atoms with Crippen LogP contribution in [0.2, 0.25) is 0 Å². The van der Waals surface area contributed by atoms with Crippen molar-refractivity contribution in [3.8, 4) is 11.5 Å². The van der Waals surface area contributed by atoms with Crippen LogP contribution in [0.3, 0.4) is 0 Å². The second-order valence-electron chi connectivity index (χ2n) is 15.5. The van der Waals surface area contributed by atoms with Gasteiger partial charge in [-0.2, -0.15) is 0 Å². The predicted octanol–water partition coefficient (Wildman–Crippen LogP) is 6.61. The molecule has 6 heteroatoms. The predicted molar refractivity (Wildman–Crippen MR) is 194 cm³/mol. The number of nitrogens with zero attached hydrogens (tertiary/aromatic N) is 3. The highest BCUT2D eigenvalue weighted by Gasteiger charge is 2.38. The lowest BCUT2D eigenvalue weighted by atomic mass is 9.78. The molecule has 4 heterocycles. The van der Waals surface area contributed by atoms with Crippen molar-refractivity contribution in [2.45, 2.75) is 97.9 Å². The lowest BCUT2D eigenvalue weighted by molar-refractivity contribution is -0.122. The van der Waals surface area contributed by atoms with Gasteiger partial charge in [0.25, 0.3) is 5.91 Å². The van der Waals surface area contributed by atoms with E-state index in [0.717, 1.165) is 85.2 Å². The van der Waals surface area contributed by atoms with Crippen molar-refractivity contribution in [1.29, 1.82) is 0 Å². The number of hydrogen-bond donors (Lipinski definition) is 0. The van der Waals surface area contributed by atoms with Crippen LogP contribution in [0.4, 0.5) is 5.69 Å². The number of ether oxygens (including phenoxy) is 1. The van der Waals surface area contributed by atoms with Crippen LogP contribution < -0.4 is 24.8 Å². The van der Waals surface area contributed by atoms with E-state index in [9.17, 15) is 9.59 Å². The van der Waals surface area contributed by atoms with Gasteiger partial charge in [-0.1, -0.05) is 39.0 Å². The van der Waals surface area contributed by atoms with Crippen molar-refractivity contribution in [1.82, 2.24) is 9.48 Å². The van der Waals surface area contributed by atoms with Crippen LogP contribution in [-0.2, 0) is 17.6 Å². The van der Waals surface area contributed by atoms with Crippen LogP contribution in [0.1, 0.15) is 118 Å². The Labute approximate surface area is 286 Å². The fourth-order valence-electron chi connectivity index (χ4n) is 9.04. The molecule has 0 spiro atoms. The van der Waals surface area contributed by atoms with Gasteiger partial charge >= 0.3 is 0 Å². The number of aryl methyl sites for hydroxylation is 1. The van der Waals surface area contributed by atoms with Crippen molar-refractivity contribution < 1.29 is 14.3 Å². The Kier molecular flexibility index (Phi) is 8.50. The molecule has 48 heavy (non-hydrogen) atoms. The van der Waals surface area contributed by atoms with Crippen LogP contribution in [0.25, 0.3) is 5.57 Å². The van der Waals surface area contributed by atoms with Gasteiger partial charge in [0.2, 0.25) is 5.36 Å². The minimum absolute atomic E-state index is 0.0135. The number of fused-ring (bicyclic) bond motifs is 4. The van der Waals surface area contributed by atoms with Crippen LogP contribution in [-0.4, -0.2) is 55.4 Å². The number of hydrogen-bond acceptors (Lipinski definition) is 4. The molecule has 4 aliphatic rings. The molecule has 0 fully saturated rings. The van der Waals surface area contributed by atoms with Crippen molar-refractivity contribution in [2.75, 3.05) is 38.1 Å². The van der Waals surface area contributed by atoms with E-state index >= 15 is 0 Å². The van der Waals surface area contributed by atoms with Crippen LogP contribution >= 0.6 is 0 Å². The van der Waals surface area contributed by atoms with E-state index in [1.807, 2.05) is 33.0 Å². The molecule has 252 valence electrons. The topological polar surface area (TPSA) is 52.9 Å². The van der Waals surface area contributed by atoms with Gasteiger partial charge in [0.15, 0.2) is 0 Å². The van der Waals surface area contributed by atoms with Gasteiger partial charge < -0.3 is 14.5 Å². The first-order valence-corrected chi connectivity index (χ1v) is 18.3. The van der Waals surface area contributed by atoms with Gasteiger partial charge in [0.05, 0.1) is 5.56 Å². The van der Waals surface area contributed by atoms with E-state index in [-0.39, 0.29) is 23.1 Å². The highest BCUT2D eigenvalue weighted by molar-refractivity contribution is 6.02.